The fraction of sp³-hybridized carbons (Fsp3) is 0.643. The van der Waals surface area contributed by atoms with Crippen LogP contribution in [0.15, 0.2) is 12.1 Å². The molecule has 1 aromatic heterocycles. The summed E-state index contributed by atoms with van der Waals surface area (Å²) in [6, 6.07) is 5.08. The molecule has 94 valence electrons. The van der Waals surface area contributed by atoms with Crippen molar-refractivity contribution in [2.24, 2.45) is 0 Å². The first kappa shape index (κ1) is 12.4. The second-order valence-electron chi connectivity index (χ2n) is 4.89. The van der Waals surface area contributed by atoms with Crippen molar-refractivity contribution in [2.45, 2.75) is 45.7 Å². The van der Waals surface area contributed by atoms with Crippen LogP contribution in [0.4, 0.5) is 5.82 Å². The number of nitrogens with one attached hydrogen (secondary N) is 1. The zero-order chi connectivity index (χ0) is 12.3. The molecule has 0 saturated carbocycles. The van der Waals surface area contributed by atoms with Crippen LogP contribution in [0.25, 0.3) is 0 Å². The van der Waals surface area contributed by atoms with Gasteiger partial charge in [-0.3, -0.25) is 0 Å². The monoisotopic (exact) mass is 233 g/mol. The Hall–Kier alpha value is -1.09. The Balaban J connectivity index is 2.28. The molecule has 3 heteroatoms. The molecule has 3 nitrogen and oxygen atoms in total. The van der Waals surface area contributed by atoms with Crippen LogP contribution in [0.5, 0.6) is 0 Å². The van der Waals surface area contributed by atoms with Gasteiger partial charge in [-0.2, -0.15) is 0 Å². The lowest BCUT2D eigenvalue weighted by Crippen LogP contribution is -2.27. The Morgan fingerprint density at radius 2 is 2.29 bits per heavy atom. The van der Waals surface area contributed by atoms with Crippen LogP contribution in [-0.2, 0) is 13.0 Å². The molecule has 1 fully saturated rings. The van der Waals surface area contributed by atoms with E-state index in [9.17, 15) is 0 Å². The lowest BCUT2D eigenvalue weighted by molar-refractivity contribution is 0.722. The maximum Gasteiger partial charge on any atom is 0.129 e. The fourth-order valence-electron chi connectivity index (χ4n) is 2.54. The first-order valence-corrected chi connectivity index (χ1v) is 6.65. The number of aryl methyl sites for hydroxylation is 1. The smallest absolute Gasteiger partial charge is 0.129 e. The molecule has 0 aliphatic carbocycles. The van der Waals surface area contributed by atoms with Gasteiger partial charge < -0.3 is 10.2 Å². The molecule has 1 N–H and O–H groups in total. The van der Waals surface area contributed by atoms with Crippen LogP contribution >= 0.6 is 0 Å². The highest BCUT2D eigenvalue weighted by molar-refractivity contribution is 5.44. The summed E-state index contributed by atoms with van der Waals surface area (Å²) in [4.78, 5) is 7.21. The van der Waals surface area contributed by atoms with E-state index in [1.807, 2.05) is 7.05 Å². The number of anilines is 1. The van der Waals surface area contributed by atoms with Gasteiger partial charge in [0, 0.05) is 24.8 Å². The molecule has 1 atom stereocenters. The first-order valence-electron chi connectivity index (χ1n) is 6.65. The van der Waals surface area contributed by atoms with Gasteiger partial charge >= 0.3 is 0 Å². The number of pyridine rings is 1. The summed E-state index contributed by atoms with van der Waals surface area (Å²) < 4.78 is 0. The van der Waals surface area contributed by atoms with E-state index in [1.54, 1.807) is 0 Å². The number of hydrogen-bond donors (Lipinski definition) is 1. The second-order valence-corrected chi connectivity index (χ2v) is 4.89. The lowest BCUT2D eigenvalue weighted by atomic mass is 10.2. The van der Waals surface area contributed by atoms with Crippen molar-refractivity contribution in [1.29, 1.82) is 0 Å². The van der Waals surface area contributed by atoms with E-state index in [0.717, 1.165) is 19.5 Å². The van der Waals surface area contributed by atoms with Crippen molar-refractivity contribution in [3.05, 3.63) is 23.4 Å². The number of hydrogen-bond acceptors (Lipinski definition) is 3. The van der Waals surface area contributed by atoms with Crippen molar-refractivity contribution in [3.8, 4) is 0 Å². The Morgan fingerprint density at radius 3 is 2.88 bits per heavy atom. The Kier molecular flexibility index (Phi) is 4.00. The fourth-order valence-corrected chi connectivity index (χ4v) is 2.54. The minimum atomic E-state index is 0.636. The highest BCUT2D eigenvalue weighted by atomic mass is 15.2. The third-order valence-corrected chi connectivity index (χ3v) is 3.52. The maximum absolute atomic E-state index is 4.76. The molecule has 1 aromatic rings. The topological polar surface area (TPSA) is 28.2 Å². The number of nitrogens with zero attached hydrogens (tertiary/aromatic N) is 2. The van der Waals surface area contributed by atoms with Crippen LogP contribution in [0.2, 0.25) is 0 Å². The van der Waals surface area contributed by atoms with E-state index < -0.39 is 0 Å². The van der Waals surface area contributed by atoms with Gasteiger partial charge in [0.15, 0.2) is 0 Å². The van der Waals surface area contributed by atoms with E-state index >= 15 is 0 Å². The van der Waals surface area contributed by atoms with Crippen molar-refractivity contribution < 1.29 is 0 Å². The molecule has 0 aromatic carbocycles. The average Bonchev–Trinajstić information content (AvgIpc) is 2.75. The number of aromatic nitrogens is 1. The Bertz CT molecular complexity index is 376. The molecule has 2 rings (SSSR count). The van der Waals surface area contributed by atoms with Gasteiger partial charge in [-0.25, -0.2) is 4.98 Å². The van der Waals surface area contributed by atoms with E-state index in [0.29, 0.717) is 6.04 Å². The average molecular weight is 233 g/mol. The minimum absolute atomic E-state index is 0.636. The predicted octanol–water partition coefficient (Wildman–Crippen LogP) is 2.35. The molecule has 1 aliphatic heterocycles. The Morgan fingerprint density at radius 1 is 1.47 bits per heavy atom. The summed E-state index contributed by atoms with van der Waals surface area (Å²) >= 11 is 0. The zero-order valence-corrected chi connectivity index (χ0v) is 11.2. The van der Waals surface area contributed by atoms with Crippen molar-refractivity contribution >= 4 is 5.82 Å². The van der Waals surface area contributed by atoms with E-state index in [-0.39, 0.29) is 0 Å². The molecular formula is C14H23N3. The predicted molar refractivity (Wildman–Crippen MR) is 72.4 cm³/mol. The van der Waals surface area contributed by atoms with E-state index in [2.05, 4.69) is 36.2 Å². The van der Waals surface area contributed by atoms with Crippen LogP contribution in [0, 0.1) is 0 Å². The highest BCUT2D eigenvalue weighted by Crippen LogP contribution is 2.25. The highest BCUT2D eigenvalue weighted by Gasteiger charge is 2.21. The molecule has 0 amide bonds. The largest absolute Gasteiger partial charge is 0.354 e. The molecule has 17 heavy (non-hydrogen) atoms. The molecule has 1 aliphatic rings. The van der Waals surface area contributed by atoms with Crippen LogP contribution in [0.3, 0.4) is 0 Å². The summed E-state index contributed by atoms with van der Waals surface area (Å²) in [7, 11) is 1.99. The summed E-state index contributed by atoms with van der Waals surface area (Å²) in [6.45, 7) is 6.54. The normalized spacial score (nSPS) is 19.9. The zero-order valence-electron chi connectivity index (χ0n) is 11.2. The summed E-state index contributed by atoms with van der Waals surface area (Å²) in [5.74, 6) is 1.17. The maximum atomic E-state index is 4.76. The Labute approximate surface area is 104 Å². The van der Waals surface area contributed by atoms with Gasteiger partial charge in [0.2, 0.25) is 0 Å². The molecular weight excluding hydrogens is 210 g/mol. The van der Waals surface area contributed by atoms with E-state index in [1.165, 1.54) is 29.9 Å². The van der Waals surface area contributed by atoms with Crippen LogP contribution in [0.1, 0.15) is 37.9 Å². The van der Waals surface area contributed by atoms with Gasteiger partial charge in [0.1, 0.15) is 5.82 Å². The summed E-state index contributed by atoms with van der Waals surface area (Å²) in [6.07, 6.45) is 3.59. The SMILES string of the molecule is CCc1cc(CNC)cc(N2CCCC2C)n1. The van der Waals surface area contributed by atoms with Crippen LogP contribution < -0.4 is 10.2 Å². The number of rotatable bonds is 4. The molecule has 1 unspecified atom stereocenters. The van der Waals surface area contributed by atoms with Gasteiger partial charge in [0.05, 0.1) is 0 Å². The third kappa shape index (κ3) is 2.78. The van der Waals surface area contributed by atoms with E-state index in [4.69, 9.17) is 4.98 Å². The van der Waals surface area contributed by atoms with Gasteiger partial charge in [-0.1, -0.05) is 6.92 Å². The lowest BCUT2D eigenvalue weighted by Gasteiger charge is -2.23. The first-order chi connectivity index (χ1) is 8.24. The quantitative estimate of drug-likeness (QED) is 0.865. The molecule has 2 heterocycles. The third-order valence-electron chi connectivity index (χ3n) is 3.52. The molecule has 0 bridgehead atoms. The van der Waals surface area contributed by atoms with Gasteiger partial charge in [0.25, 0.3) is 0 Å². The van der Waals surface area contributed by atoms with Crippen molar-refractivity contribution in [2.75, 3.05) is 18.5 Å². The standard InChI is InChI=1S/C14H23N3/c1-4-13-8-12(10-15-3)9-14(16-13)17-7-5-6-11(17)2/h8-9,11,15H,4-7,10H2,1-3H3. The second kappa shape index (κ2) is 5.50. The molecule has 1 saturated heterocycles. The summed E-state index contributed by atoms with van der Waals surface area (Å²) in [5, 5.41) is 3.22. The van der Waals surface area contributed by atoms with Gasteiger partial charge in [-0.05, 0) is 50.9 Å². The minimum Gasteiger partial charge on any atom is -0.354 e. The van der Waals surface area contributed by atoms with Gasteiger partial charge in [-0.15, -0.1) is 0 Å². The molecule has 0 spiro atoms. The van der Waals surface area contributed by atoms with Crippen LogP contribution in [-0.4, -0.2) is 24.6 Å². The molecule has 0 radical (unpaired) electrons. The van der Waals surface area contributed by atoms with Crippen molar-refractivity contribution in [1.82, 2.24) is 10.3 Å². The van der Waals surface area contributed by atoms with Crippen molar-refractivity contribution in [3.63, 3.8) is 0 Å². The summed E-state index contributed by atoms with van der Waals surface area (Å²) in [5.41, 5.74) is 2.54.